The van der Waals surface area contributed by atoms with Gasteiger partial charge in [-0.05, 0) is 37.0 Å². The molecule has 2 aliphatic rings. The van der Waals surface area contributed by atoms with E-state index < -0.39 is 6.17 Å². The average molecular weight is 494 g/mol. The lowest BCUT2D eigenvalue weighted by molar-refractivity contribution is -0.116. The molecule has 0 spiro atoms. The highest BCUT2D eigenvalue weighted by atomic mass is 16.4. The van der Waals surface area contributed by atoms with Crippen molar-refractivity contribution in [2.24, 2.45) is 10.9 Å². The van der Waals surface area contributed by atoms with E-state index in [0.29, 0.717) is 23.2 Å². The molecule has 186 valence electrons. The first-order chi connectivity index (χ1) is 18.2. The third-order valence-electron chi connectivity index (χ3n) is 6.78. The molecule has 4 heterocycles. The van der Waals surface area contributed by atoms with Gasteiger partial charge in [0.2, 0.25) is 6.17 Å². The average Bonchev–Trinajstić information content (AvgIpc) is 3.35. The van der Waals surface area contributed by atoms with Crippen LogP contribution in [0.4, 0.5) is 17.5 Å². The molecule has 1 fully saturated rings. The molecule has 2 N–H and O–H groups in total. The molecule has 2 aromatic carbocycles. The van der Waals surface area contributed by atoms with Crippen LogP contribution in [-0.4, -0.2) is 46.1 Å². The number of para-hydroxylation sites is 1. The molecule has 6 rings (SSSR count). The summed E-state index contributed by atoms with van der Waals surface area (Å²) in [4.78, 5) is 24.8. The van der Waals surface area contributed by atoms with Gasteiger partial charge in [0.05, 0.1) is 17.0 Å². The van der Waals surface area contributed by atoms with Crippen molar-refractivity contribution in [2.75, 3.05) is 28.6 Å². The van der Waals surface area contributed by atoms with E-state index in [0.717, 1.165) is 48.4 Å². The topological polar surface area (TPSA) is 109 Å². The van der Waals surface area contributed by atoms with Crippen molar-refractivity contribution in [1.82, 2.24) is 15.2 Å². The highest BCUT2D eigenvalue weighted by Crippen LogP contribution is 2.32. The number of carbonyl (C=O) groups excluding carboxylic acids is 1. The molecule has 4 aromatic rings. The standard InChI is InChI=1S/C28H27N7O2/c1-18-13-16-35(17-14-18)25-21(11-7-15-29-25)27-33-34-28(37-27)32-24-26(36)30-22-12-6-5-10-20(22)23(31-24)19-8-3-2-4-9-19/h2-12,15,18,24H,13-14,16-17H2,1H3,(H,30,36)(H,32,34). The van der Waals surface area contributed by atoms with Gasteiger partial charge in [0, 0.05) is 30.4 Å². The highest BCUT2D eigenvalue weighted by Gasteiger charge is 2.28. The molecule has 37 heavy (non-hydrogen) atoms. The number of nitrogens with zero attached hydrogens (tertiary/aromatic N) is 5. The summed E-state index contributed by atoms with van der Waals surface area (Å²) < 4.78 is 5.98. The van der Waals surface area contributed by atoms with Gasteiger partial charge in [0.1, 0.15) is 5.82 Å². The Kier molecular flexibility index (Phi) is 6.10. The molecule has 1 amide bonds. The summed E-state index contributed by atoms with van der Waals surface area (Å²) in [6, 6.07) is 21.3. The normalized spacial score (nSPS) is 18.0. The van der Waals surface area contributed by atoms with Gasteiger partial charge >= 0.3 is 6.01 Å². The van der Waals surface area contributed by atoms with Gasteiger partial charge in [-0.1, -0.05) is 60.6 Å². The Morgan fingerprint density at radius 3 is 2.54 bits per heavy atom. The molecule has 0 aliphatic carbocycles. The Morgan fingerprint density at radius 1 is 0.946 bits per heavy atom. The maximum atomic E-state index is 13.1. The number of rotatable bonds is 5. The first kappa shape index (κ1) is 22.9. The van der Waals surface area contributed by atoms with Crippen molar-refractivity contribution in [3.8, 4) is 11.5 Å². The van der Waals surface area contributed by atoms with Crippen molar-refractivity contribution < 1.29 is 9.21 Å². The van der Waals surface area contributed by atoms with Gasteiger partial charge in [-0.15, -0.1) is 5.10 Å². The number of fused-ring (bicyclic) bond motifs is 1. The number of aromatic nitrogens is 3. The van der Waals surface area contributed by atoms with Crippen molar-refractivity contribution in [2.45, 2.75) is 25.9 Å². The number of benzene rings is 2. The minimum Gasteiger partial charge on any atom is -0.403 e. The SMILES string of the molecule is CC1CCN(c2ncccc2-c2nnc(NC3N=C(c4ccccc4)c4ccccc4NC3=O)o2)CC1. The zero-order valence-electron chi connectivity index (χ0n) is 20.5. The lowest BCUT2D eigenvalue weighted by Gasteiger charge is -2.31. The van der Waals surface area contributed by atoms with Crippen molar-refractivity contribution in [1.29, 1.82) is 0 Å². The Morgan fingerprint density at radius 2 is 1.70 bits per heavy atom. The summed E-state index contributed by atoms with van der Waals surface area (Å²) >= 11 is 0. The van der Waals surface area contributed by atoms with Crippen LogP contribution in [-0.2, 0) is 4.79 Å². The lowest BCUT2D eigenvalue weighted by Crippen LogP contribution is -2.33. The first-order valence-corrected chi connectivity index (χ1v) is 12.5. The molecule has 1 unspecified atom stereocenters. The molecule has 0 bridgehead atoms. The fraction of sp³-hybridized carbons (Fsp3) is 0.250. The smallest absolute Gasteiger partial charge is 0.317 e. The van der Waals surface area contributed by atoms with Crippen LogP contribution in [0.15, 0.2) is 82.3 Å². The molecule has 1 atom stereocenters. The molecule has 0 saturated carbocycles. The van der Waals surface area contributed by atoms with Crippen LogP contribution in [0.3, 0.4) is 0 Å². The van der Waals surface area contributed by atoms with E-state index in [1.165, 1.54) is 0 Å². The molecule has 9 heteroatoms. The Hall–Kier alpha value is -4.53. The van der Waals surface area contributed by atoms with Gasteiger partial charge < -0.3 is 20.0 Å². The minimum absolute atomic E-state index is 0.110. The first-order valence-electron chi connectivity index (χ1n) is 12.5. The molecule has 2 aliphatic heterocycles. The van der Waals surface area contributed by atoms with Crippen LogP contribution in [0.2, 0.25) is 0 Å². The van der Waals surface area contributed by atoms with E-state index in [2.05, 4.69) is 37.6 Å². The third-order valence-corrected chi connectivity index (χ3v) is 6.78. The second-order valence-corrected chi connectivity index (χ2v) is 9.38. The van der Waals surface area contributed by atoms with E-state index >= 15 is 0 Å². The number of benzodiazepines with no additional fused rings is 1. The van der Waals surface area contributed by atoms with E-state index in [-0.39, 0.29) is 11.9 Å². The second-order valence-electron chi connectivity index (χ2n) is 9.38. The number of hydrogen-bond acceptors (Lipinski definition) is 8. The molecule has 1 saturated heterocycles. The summed E-state index contributed by atoms with van der Waals surface area (Å²) in [6.07, 6.45) is 3.05. The van der Waals surface area contributed by atoms with Gasteiger partial charge in [-0.3, -0.25) is 4.79 Å². The molecular weight excluding hydrogens is 466 g/mol. The van der Waals surface area contributed by atoms with Gasteiger partial charge in [0.15, 0.2) is 0 Å². The number of nitrogens with one attached hydrogen (secondary N) is 2. The van der Waals surface area contributed by atoms with Gasteiger partial charge in [0.25, 0.3) is 11.8 Å². The summed E-state index contributed by atoms with van der Waals surface area (Å²) in [5, 5.41) is 14.4. The lowest BCUT2D eigenvalue weighted by atomic mass is 9.99. The van der Waals surface area contributed by atoms with Crippen LogP contribution < -0.4 is 15.5 Å². The largest absolute Gasteiger partial charge is 0.403 e. The van der Waals surface area contributed by atoms with Crippen molar-refractivity contribution in [3.05, 3.63) is 84.1 Å². The summed E-state index contributed by atoms with van der Waals surface area (Å²) in [6.45, 7) is 4.15. The number of aliphatic imine (C=N–C) groups is 1. The number of pyridine rings is 1. The molecule has 2 aromatic heterocycles. The number of amides is 1. The van der Waals surface area contributed by atoms with E-state index in [1.54, 1.807) is 6.20 Å². The minimum atomic E-state index is -0.965. The highest BCUT2D eigenvalue weighted by molar-refractivity contribution is 6.19. The summed E-state index contributed by atoms with van der Waals surface area (Å²) in [5.74, 6) is 1.56. The molecule has 9 nitrogen and oxygen atoms in total. The van der Waals surface area contributed by atoms with E-state index in [4.69, 9.17) is 9.41 Å². The molecule has 0 radical (unpaired) electrons. The van der Waals surface area contributed by atoms with Crippen molar-refractivity contribution >= 4 is 29.1 Å². The quantitative estimate of drug-likeness (QED) is 0.418. The van der Waals surface area contributed by atoms with Crippen LogP contribution in [0.1, 0.15) is 30.9 Å². The Labute approximate surface area is 214 Å². The zero-order valence-corrected chi connectivity index (χ0v) is 20.5. The fourth-order valence-corrected chi connectivity index (χ4v) is 4.72. The second kappa shape index (κ2) is 9.85. The van der Waals surface area contributed by atoms with Crippen LogP contribution >= 0.6 is 0 Å². The van der Waals surface area contributed by atoms with Crippen LogP contribution in [0, 0.1) is 5.92 Å². The zero-order chi connectivity index (χ0) is 25.2. The monoisotopic (exact) mass is 493 g/mol. The maximum absolute atomic E-state index is 13.1. The number of piperidine rings is 1. The van der Waals surface area contributed by atoms with Crippen LogP contribution in [0.5, 0.6) is 0 Å². The summed E-state index contributed by atoms with van der Waals surface area (Å²) in [5.41, 5.74) is 3.90. The van der Waals surface area contributed by atoms with E-state index in [9.17, 15) is 4.79 Å². The predicted octanol–water partition coefficient (Wildman–Crippen LogP) is 4.60. The molecular formula is C28H27N7O2. The van der Waals surface area contributed by atoms with Gasteiger partial charge in [-0.2, -0.15) is 0 Å². The number of anilines is 3. The fourth-order valence-electron chi connectivity index (χ4n) is 4.72. The third kappa shape index (κ3) is 4.67. The Balaban J connectivity index is 1.30. The van der Waals surface area contributed by atoms with Crippen LogP contribution in [0.25, 0.3) is 11.5 Å². The van der Waals surface area contributed by atoms with E-state index in [1.807, 2.05) is 66.7 Å². The predicted molar refractivity (Wildman–Crippen MR) is 143 cm³/mol. The van der Waals surface area contributed by atoms with Crippen molar-refractivity contribution in [3.63, 3.8) is 0 Å². The maximum Gasteiger partial charge on any atom is 0.317 e. The Bertz CT molecular complexity index is 1440. The number of hydrogen-bond donors (Lipinski definition) is 2. The van der Waals surface area contributed by atoms with Gasteiger partial charge in [-0.25, -0.2) is 9.98 Å². The number of carbonyl (C=O) groups is 1. The summed E-state index contributed by atoms with van der Waals surface area (Å²) in [7, 11) is 0.